The minimum Gasteiger partial charge on any atom is -0.381 e. The summed E-state index contributed by atoms with van der Waals surface area (Å²) in [7, 11) is 0. The minimum atomic E-state index is 0.202. The van der Waals surface area contributed by atoms with Crippen LogP contribution < -0.4 is 10.2 Å². The third kappa shape index (κ3) is 5.31. The molecule has 0 aliphatic carbocycles. The number of anilines is 1. The molecule has 2 aliphatic rings. The molecule has 0 saturated carbocycles. The zero-order valence-corrected chi connectivity index (χ0v) is 16.0. The zero-order chi connectivity index (χ0) is 17.6. The number of amides is 1. The number of carbonyl (C=O) groups excluding carboxylic acids is 1. The molecule has 0 radical (unpaired) electrons. The molecule has 0 aromatic carbocycles. The Hall–Kier alpha value is -1.34. The Kier molecular flexibility index (Phi) is 6.53. The fourth-order valence-electron chi connectivity index (χ4n) is 3.54. The van der Waals surface area contributed by atoms with E-state index in [2.05, 4.69) is 26.3 Å². The zero-order valence-electron chi connectivity index (χ0n) is 15.2. The van der Waals surface area contributed by atoms with Gasteiger partial charge >= 0.3 is 0 Å². The molecule has 0 spiro atoms. The summed E-state index contributed by atoms with van der Waals surface area (Å²) in [5.74, 6) is 1.69. The summed E-state index contributed by atoms with van der Waals surface area (Å²) in [4.78, 5) is 23.6. The number of carbonyl (C=O) groups is 1. The minimum absolute atomic E-state index is 0.202. The average Bonchev–Trinajstić information content (AvgIpc) is 2.62. The van der Waals surface area contributed by atoms with Crippen molar-refractivity contribution in [2.75, 3.05) is 37.5 Å². The van der Waals surface area contributed by atoms with Gasteiger partial charge in [-0.25, -0.2) is 9.97 Å². The highest BCUT2D eigenvalue weighted by Gasteiger charge is 2.24. The molecule has 7 heteroatoms. The standard InChI is InChI=1S/C18H28N4O2S/c1-13-11-16(21-18(19-13)25-2)22-7-3-14(4-8-22)12-17(23)20-15-5-9-24-10-6-15/h11,14-15H,3-10,12H2,1-2H3,(H,20,23). The fraction of sp³-hybridized carbons (Fsp3) is 0.722. The molecular weight excluding hydrogens is 336 g/mol. The number of thioether (sulfide) groups is 1. The molecule has 0 atom stereocenters. The Balaban J connectivity index is 1.46. The summed E-state index contributed by atoms with van der Waals surface area (Å²) in [6.07, 6.45) is 6.60. The van der Waals surface area contributed by atoms with Gasteiger partial charge in [-0.05, 0) is 44.8 Å². The SMILES string of the molecule is CSc1nc(C)cc(N2CCC(CC(=O)NC3CCOCC3)CC2)n1. The molecular formula is C18H28N4O2S. The van der Waals surface area contributed by atoms with Gasteiger partial charge < -0.3 is 15.0 Å². The van der Waals surface area contributed by atoms with Crippen LogP contribution >= 0.6 is 11.8 Å². The summed E-state index contributed by atoms with van der Waals surface area (Å²) in [5, 5.41) is 4.00. The van der Waals surface area contributed by atoms with Gasteiger partial charge in [-0.15, -0.1) is 0 Å². The highest BCUT2D eigenvalue weighted by molar-refractivity contribution is 7.98. The Labute approximate surface area is 154 Å². The molecule has 138 valence electrons. The van der Waals surface area contributed by atoms with E-state index in [1.54, 1.807) is 11.8 Å². The Bertz CT molecular complexity index is 584. The van der Waals surface area contributed by atoms with Crippen LogP contribution in [0, 0.1) is 12.8 Å². The van der Waals surface area contributed by atoms with E-state index in [-0.39, 0.29) is 5.91 Å². The van der Waals surface area contributed by atoms with Crippen LogP contribution in [0.2, 0.25) is 0 Å². The van der Waals surface area contributed by atoms with Crippen molar-refractivity contribution < 1.29 is 9.53 Å². The first-order chi connectivity index (χ1) is 12.1. The largest absolute Gasteiger partial charge is 0.381 e. The van der Waals surface area contributed by atoms with Crippen molar-refractivity contribution in [2.24, 2.45) is 5.92 Å². The van der Waals surface area contributed by atoms with Crippen LogP contribution in [0.5, 0.6) is 0 Å². The maximum absolute atomic E-state index is 12.3. The van der Waals surface area contributed by atoms with Crippen molar-refractivity contribution in [3.63, 3.8) is 0 Å². The molecule has 2 fully saturated rings. The quantitative estimate of drug-likeness (QED) is 0.639. The molecule has 3 rings (SSSR count). The number of nitrogens with one attached hydrogen (secondary N) is 1. The molecule has 6 nitrogen and oxygen atoms in total. The fourth-order valence-corrected chi connectivity index (χ4v) is 3.96. The van der Waals surface area contributed by atoms with Gasteiger partial charge in [-0.2, -0.15) is 0 Å². The average molecular weight is 365 g/mol. The Morgan fingerprint density at radius 1 is 1.28 bits per heavy atom. The van der Waals surface area contributed by atoms with Crippen molar-refractivity contribution in [1.29, 1.82) is 0 Å². The number of ether oxygens (including phenoxy) is 1. The van der Waals surface area contributed by atoms with Crippen LogP contribution in [0.4, 0.5) is 5.82 Å². The molecule has 2 saturated heterocycles. The van der Waals surface area contributed by atoms with Gasteiger partial charge in [-0.1, -0.05) is 11.8 Å². The topological polar surface area (TPSA) is 67.4 Å². The summed E-state index contributed by atoms with van der Waals surface area (Å²) in [6, 6.07) is 2.35. The highest BCUT2D eigenvalue weighted by Crippen LogP contribution is 2.25. The monoisotopic (exact) mass is 364 g/mol. The third-order valence-electron chi connectivity index (χ3n) is 5.00. The van der Waals surface area contributed by atoms with Gasteiger partial charge in [0.2, 0.25) is 5.91 Å². The van der Waals surface area contributed by atoms with E-state index in [0.717, 1.165) is 68.7 Å². The van der Waals surface area contributed by atoms with E-state index in [0.29, 0.717) is 18.4 Å². The number of hydrogen-bond acceptors (Lipinski definition) is 6. The number of piperidine rings is 1. The van der Waals surface area contributed by atoms with Gasteiger partial charge in [0.1, 0.15) is 5.82 Å². The van der Waals surface area contributed by atoms with Crippen LogP contribution in [0.1, 0.15) is 37.8 Å². The lowest BCUT2D eigenvalue weighted by molar-refractivity contribution is -0.123. The van der Waals surface area contributed by atoms with Gasteiger partial charge in [0.25, 0.3) is 0 Å². The van der Waals surface area contributed by atoms with Crippen LogP contribution in [-0.4, -0.2) is 54.5 Å². The molecule has 1 amide bonds. The van der Waals surface area contributed by atoms with Crippen LogP contribution in [0.3, 0.4) is 0 Å². The number of nitrogens with zero attached hydrogens (tertiary/aromatic N) is 3. The number of aromatic nitrogens is 2. The second kappa shape index (κ2) is 8.85. The molecule has 0 bridgehead atoms. The van der Waals surface area contributed by atoms with E-state index >= 15 is 0 Å². The smallest absolute Gasteiger partial charge is 0.220 e. The van der Waals surface area contributed by atoms with Gasteiger partial charge in [0.05, 0.1) is 0 Å². The van der Waals surface area contributed by atoms with Crippen molar-refractivity contribution in [3.05, 3.63) is 11.8 Å². The molecule has 1 aromatic heterocycles. The number of hydrogen-bond donors (Lipinski definition) is 1. The van der Waals surface area contributed by atoms with Crippen molar-refractivity contribution >= 4 is 23.5 Å². The Morgan fingerprint density at radius 2 is 2.00 bits per heavy atom. The van der Waals surface area contributed by atoms with Crippen LogP contribution in [0.15, 0.2) is 11.2 Å². The lowest BCUT2D eigenvalue weighted by Gasteiger charge is -2.33. The van der Waals surface area contributed by atoms with Gasteiger partial charge in [0, 0.05) is 50.5 Å². The predicted molar refractivity (Wildman–Crippen MR) is 100 cm³/mol. The molecule has 3 heterocycles. The Morgan fingerprint density at radius 3 is 2.68 bits per heavy atom. The summed E-state index contributed by atoms with van der Waals surface area (Å²) >= 11 is 1.58. The lowest BCUT2D eigenvalue weighted by Crippen LogP contribution is -2.41. The van der Waals surface area contributed by atoms with E-state index < -0.39 is 0 Å². The van der Waals surface area contributed by atoms with E-state index in [1.165, 1.54) is 0 Å². The van der Waals surface area contributed by atoms with Crippen LogP contribution in [-0.2, 0) is 9.53 Å². The maximum atomic E-state index is 12.3. The van der Waals surface area contributed by atoms with E-state index in [1.807, 2.05) is 13.2 Å². The van der Waals surface area contributed by atoms with E-state index in [4.69, 9.17) is 4.74 Å². The molecule has 25 heavy (non-hydrogen) atoms. The summed E-state index contributed by atoms with van der Waals surface area (Å²) in [5.41, 5.74) is 1.01. The van der Waals surface area contributed by atoms with Crippen molar-refractivity contribution in [2.45, 2.75) is 50.2 Å². The predicted octanol–water partition coefficient (Wildman–Crippen LogP) is 2.41. The van der Waals surface area contributed by atoms with Crippen molar-refractivity contribution in [1.82, 2.24) is 15.3 Å². The maximum Gasteiger partial charge on any atom is 0.220 e. The lowest BCUT2D eigenvalue weighted by atomic mass is 9.93. The molecule has 2 aliphatic heterocycles. The first-order valence-corrected chi connectivity index (χ1v) is 10.4. The third-order valence-corrected chi connectivity index (χ3v) is 5.55. The highest BCUT2D eigenvalue weighted by atomic mass is 32.2. The first-order valence-electron chi connectivity index (χ1n) is 9.16. The van der Waals surface area contributed by atoms with Gasteiger partial charge in [-0.3, -0.25) is 4.79 Å². The summed E-state index contributed by atoms with van der Waals surface area (Å²) < 4.78 is 5.34. The molecule has 0 unspecified atom stereocenters. The number of rotatable bonds is 5. The normalized spacial score (nSPS) is 19.8. The van der Waals surface area contributed by atoms with Gasteiger partial charge in [0.15, 0.2) is 5.16 Å². The molecule has 1 N–H and O–H groups in total. The first kappa shape index (κ1) is 18.5. The second-order valence-electron chi connectivity index (χ2n) is 6.94. The van der Waals surface area contributed by atoms with Crippen LogP contribution in [0.25, 0.3) is 0 Å². The van der Waals surface area contributed by atoms with E-state index in [9.17, 15) is 4.79 Å². The second-order valence-corrected chi connectivity index (χ2v) is 7.72. The molecule has 1 aromatic rings. The summed E-state index contributed by atoms with van der Waals surface area (Å²) in [6.45, 7) is 5.46. The number of aryl methyl sites for hydroxylation is 1. The van der Waals surface area contributed by atoms with Crippen molar-refractivity contribution in [3.8, 4) is 0 Å².